The van der Waals surface area contributed by atoms with E-state index in [1.807, 2.05) is 42.7 Å². The molecule has 0 saturated carbocycles. The van der Waals surface area contributed by atoms with Crippen molar-refractivity contribution >= 4 is 16.9 Å². The highest BCUT2D eigenvalue weighted by Gasteiger charge is 2.11. The molecule has 5 heteroatoms. The standard InChI is InChI=1S/C23H24N4O/c1-2-4-21(28)18-8-6-17(7-9-18)20-13-22(27-23-19(20)10-12-25-23)26-15-16-5-3-11-24-14-16/h3,5-14,21,28H,2,4,15H2,1H3,(H2,25,26,27)/t21-/m0/s1. The quantitative estimate of drug-likeness (QED) is 0.423. The monoisotopic (exact) mass is 372 g/mol. The minimum atomic E-state index is -0.402. The third-order valence-corrected chi connectivity index (χ3v) is 4.89. The summed E-state index contributed by atoms with van der Waals surface area (Å²) in [7, 11) is 0. The Kier molecular flexibility index (Phi) is 5.35. The summed E-state index contributed by atoms with van der Waals surface area (Å²) in [6.07, 6.45) is 6.86. The lowest BCUT2D eigenvalue weighted by Gasteiger charge is -2.12. The van der Waals surface area contributed by atoms with Gasteiger partial charge in [-0.25, -0.2) is 4.98 Å². The number of hydrogen-bond donors (Lipinski definition) is 3. The van der Waals surface area contributed by atoms with Crippen LogP contribution in [0.1, 0.15) is 37.0 Å². The summed E-state index contributed by atoms with van der Waals surface area (Å²) in [5, 5.41) is 14.7. The average molecular weight is 372 g/mol. The molecule has 0 aliphatic rings. The summed E-state index contributed by atoms with van der Waals surface area (Å²) in [4.78, 5) is 12.0. The van der Waals surface area contributed by atoms with Gasteiger partial charge >= 0.3 is 0 Å². The molecule has 0 bridgehead atoms. The van der Waals surface area contributed by atoms with Gasteiger partial charge in [0.1, 0.15) is 11.5 Å². The Balaban J connectivity index is 1.63. The Labute approximate surface area is 164 Å². The number of hydrogen-bond acceptors (Lipinski definition) is 4. The summed E-state index contributed by atoms with van der Waals surface area (Å²) in [6.45, 7) is 2.74. The van der Waals surface area contributed by atoms with Crippen LogP contribution in [0.15, 0.2) is 67.1 Å². The summed E-state index contributed by atoms with van der Waals surface area (Å²) in [5.74, 6) is 0.809. The van der Waals surface area contributed by atoms with Crippen molar-refractivity contribution in [1.82, 2.24) is 15.0 Å². The van der Waals surface area contributed by atoms with Gasteiger partial charge in [0, 0.05) is 30.5 Å². The van der Waals surface area contributed by atoms with Gasteiger partial charge in [-0.1, -0.05) is 43.7 Å². The lowest BCUT2D eigenvalue weighted by atomic mass is 9.99. The molecule has 0 unspecified atom stereocenters. The van der Waals surface area contributed by atoms with Crippen LogP contribution in [0.4, 0.5) is 5.82 Å². The van der Waals surface area contributed by atoms with Crippen LogP contribution in [0.2, 0.25) is 0 Å². The fraction of sp³-hybridized carbons (Fsp3) is 0.217. The minimum Gasteiger partial charge on any atom is -0.388 e. The second-order valence-electron chi connectivity index (χ2n) is 6.94. The first-order valence-corrected chi connectivity index (χ1v) is 9.64. The minimum absolute atomic E-state index is 0.402. The number of H-pyrrole nitrogens is 1. The molecule has 1 atom stereocenters. The first kappa shape index (κ1) is 18.2. The molecule has 28 heavy (non-hydrogen) atoms. The van der Waals surface area contributed by atoms with E-state index in [2.05, 4.69) is 45.4 Å². The summed E-state index contributed by atoms with van der Waals surface area (Å²) >= 11 is 0. The van der Waals surface area contributed by atoms with Crippen molar-refractivity contribution in [3.8, 4) is 11.1 Å². The number of aromatic nitrogens is 3. The van der Waals surface area contributed by atoms with Gasteiger partial charge in [-0.2, -0.15) is 0 Å². The van der Waals surface area contributed by atoms with Crippen LogP contribution in [0.3, 0.4) is 0 Å². The molecule has 3 aromatic heterocycles. The van der Waals surface area contributed by atoms with Crippen molar-refractivity contribution in [3.05, 3.63) is 78.2 Å². The zero-order chi connectivity index (χ0) is 19.3. The summed E-state index contributed by atoms with van der Waals surface area (Å²) < 4.78 is 0. The number of anilines is 1. The van der Waals surface area contributed by atoms with Gasteiger partial charge in [-0.15, -0.1) is 0 Å². The second-order valence-corrected chi connectivity index (χ2v) is 6.94. The highest BCUT2D eigenvalue weighted by Crippen LogP contribution is 2.31. The van der Waals surface area contributed by atoms with Crippen LogP contribution in [-0.4, -0.2) is 20.1 Å². The maximum atomic E-state index is 10.2. The molecule has 0 aliphatic carbocycles. The SMILES string of the molecule is CCC[C@H](O)c1ccc(-c2cc(NCc3cccnc3)nc3[nH]ccc23)cc1. The number of aliphatic hydroxyl groups is 1. The Morgan fingerprint density at radius 3 is 2.75 bits per heavy atom. The van der Waals surface area contributed by atoms with Gasteiger partial charge in [0.25, 0.3) is 0 Å². The van der Waals surface area contributed by atoms with Crippen molar-refractivity contribution in [3.63, 3.8) is 0 Å². The maximum Gasteiger partial charge on any atom is 0.140 e. The fourth-order valence-electron chi connectivity index (χ4n) is 3.39. The van der Waals surface area contributed by atoms with E-state index in [4.69, 9.17) is 0 Å². The molecule has 0 spiro atoms. The highest BCUT2D eigenvalue weighted by molar-refractivity contribution is 5.94. The van der Waals surface area contributed by atoms with Gasteiger partial charge in [-0.3, -0.25) is 4.98 Å². The molecule has 142 valence electrons. The molecule has 0 aliphatic heterocycles. The molecule has 5 nitrogen and oxygen atoms in total. The smallest absolute Gasteiger partial charge is 0.140 e. The van der Waals surface area contributed by atoms with Crippen molar-refractivity contribution < 1.29 is 5.11 Å². The lowest BCUT2D eigenvalue weighted by Crippen LogP contribution is -2.02. The number of pyridine rings is 2. The highest BCUT2D eigenvalue weighted by atomic mass is 16.3. The number of fused-ring (bicyclic) bond motifs is 1. The van der Waals surface area contributed by atoms with E-state index in [0.717, 1.165) is 51.9 Å². The number of benzene rings is 1. The van der Waals surface area contributed by atoms with Crippen LogP contribution in [0.5, 0.6) is 0 Å². The Morgan fingerprint density at radius 2 is 2.00 bits per heavy atom. The first-order chi connectivity index (χ1) is 13.7. The van der Waals surface area contributed by atoms with Gasteiger partial charge in [0.05, 0.1) is 6.10 Å². The largest absolute Gasteiger partial charge is 0.388 e. The Bertz CT molecular complexity index is 1040. The number of nitrogens with one attached hydrogen (secondary N) is 2. The van der Waals surface area contributed by atoms with Gasteiger partial charge < -0.3 is 15.4 Å². The predicted octanol–water partition coefficient (Wildman–Crippen LogP) is 5.07. The molecule has 3 heterocycles. The van der Waals surface area contributed by atoms with E-state index in [-0.39, 0.29) is 0 Å². The maximum absolute atomic E-state index is 10.2. The fourth-order valence-corrected chi connectivity index (χ4v) is 3.39. The Hall–Kier alpha value is -3.18. The molecule has 0 radical (unpaired) electrons. The van der Waals surface area contributed by atoms with Gasteiger partial charge in [-0.05, 0) is 46.9 Å². The summed E-state index contributed by atoms with van der Waals surface area (Å²) in [6, 6.07) is 16.2. The zero-order valence-corrected chi connectivity index (χ0v) is 15.9. The first-order valence-electron chi connectivity index (χ1n) is 9.64. The topological polar surface area (TPSA) is 73.8 Å². The zero-order valence-electron chi connectivity index (χ0n) is 15.9. The van der Waals surface area contributed by atoms with Crippen molar-refractivity contribution in [2.45, 2.75) is 32.4 Å². The van der Waals surface area contributed by atoms with Gasteiger partial charge in [0.15, 0.2) is 0 Å². The van der Waals surface area contributed by atoms with E-state index in [1.165, 1.54) is 0 Å². The summed E-state index contributed by atoms with van der Waals surface area (Å²) in [5.41, 5.74) is 5.12. The number of nitrogens with zero attached hydrogens (tertiary/aromatic N) is 2. The molecule has 3 N–H and O–H groups in total. The van der Waals surface area contributed by atoms with Crippen LogP contribution in [0.25, 0.3) is 22.2 Å². The second kappa shape index (κ2) is 8.23. The molecule has 4 aromatic rings. The van der Waals surface area contributed by atoms with Crippen molar-refractivity contribution in [1.29, 1.82) is 0 Å². The van der Waals surface area contributed by atoms with E-state index in [1.54, 1.807) is 6.20 Å². The molecule has 0 fully saturated rings. The lowest BCUT2D eigenvalue weighted by molar-refractivity contribution is 0.166. The molecular weight excluding hydrogens is 348 g/mol. The number of rotatable bonds is 7. The molecular formula is C23H24N4O. The molecule has 4 rings (SSSR count). The van der Waals surface area contributed by atoms with E-state index >= 15 is 0 Å². The van der Waals surface area contributed by atoms with Crippen LogP contribution in [0, 0.1) is 0 Å². The van der Waals surface area contributed by atoms with Crippen molar-refractivity contribution in [2.75, 3.05) is 5.32 Å². The van der Waals surface area contributed by atoms with Crippen LogP contribution >= 0.6 is 0 Å². The molecule has 1 aromatic carbocycles. The number of aromatic amines is 1. The number of aliphatic hydroxyl groups excluding tert-OH is 1. The van der Waals surface area contributed by atoms with Crippen molar-refractivity contribution in [2.24, 2.45) is 0 Å². The van der Waals surface area contributed by atoms with Crippen LogP contribution in [-0.2, 0) is 6.54 Å². The predicted molar refractivity (Wildman–Crippen MR) is 113 cm³/mol. The van der Waals surface area contributed by atoms with E-state index in [0.29, 0.717) is 6.54 Å². The normalized spacial score (nSPS) is 12.2. The molecule has 0 saturated heterocycles. The van der Waals surface area contributed by atoms with E-state index in [9.17, 15) is 5.11 Å². The van der Waals surface area contributed by atoms with Gasteiger partial charge in [0.2, 0.25) is 0 Å². The molecule has 0 amide bonds. The third kappa shape index (κ3) is 3.89. The third-order valence-electron chi connectivity index (χ3n) is 4.89. The van der Waals surface area contributed by atoms with E-state index < -0.39 is 6.10 Å². The van der Waals surface area contributed by atoms with Crippen LogP contribution < -0.4 is 5.32 Å². The average Bonchev–Trinajstić information content (AvgIpc) is 3.21. The Morgan fingerprint density at radius 1 is 1.14 bits per heavy atom.